The minimum Gasteiger partial charge on any atom is -0.391 e. The Morgan fingerprint density at radius 3 is 2.78 bits per heavy atom. The summed E-state index contributed by atoms with van der Waals surface area (Å²) in [5.74, 6) is -0.606. The predicted molar refractivity (Wildman–Crippen MR) is 99.1 cm³/mol. The van der Waals surface area contributed by atoms with Crippen molar-refractivity contribution in [3.8, 4) is 0 Å². The molecule has 2 saturated heterocycles. The number of amides is 2. The Labute approximate surface area is 159 Å². The summed E-state index contributed by atoms with van der Waals surface area (Å²) in [5, 5.41) is 14.6. The van der Waals surface area contributed by atoms with Crippen LogP contribution in [0.4, 0.5) is 0 Å². The average molecular weight is 376 g/mol. The van der Waals surface area contributed by atoms with Crippen molar-refractivity contribution in [2.24, 2.45) is 5.73 Å². The van der Waals surface area contributed by atoms with Crippen LogP contribution in [0.15, 0.2) is 30.3 Å². The number of hydrogen-bond donors (Lipinski definition) is 3. The molecule has 0 bridgehead atoms. The lowest BCUT2D eigenvalue weighted by Gasteiger charge is -2.45. The predicted octanol–water partition coefficient (Wildman–Crippen LogP) is -0.382. The normalized spacial score (nSPS) is 27.0. The van der Waals surface area contributed by atoms with Gasteiger partial charge in [0.2, 0.25) is 5.91 Å². The van der Waals surface area contributed by atoms with E-state index in [1.807, 2.05) is 30.3 Å². The lowest BCUT2D eigenvalue weighted by Crippen LogP contribution is -2.72. The molecule has 148 valence electrons. The van der Waals surface area contributed by atoms with E-state index in [9.17, 15) is 14.7 Å². The molecule has 2 amide bonds. The van der Waals surface area contributed by atoms with Gasteiger partial charge in [0, 0.05) is 12.6 Å². The van der Waals surface area contributed by atoms with E-state index in [1.54, 1.807) is 18.9 Å². The molecule has 1 aromatic rings. The number of carbonyl (C=O) groups is 2. The maximum atomic E-state index is 12.6. The molecule has 8 nitrogen and oxygen atoms in total. The number of primary amides is 1. The van der Waals surface area contributed by atoms with Gasteiger partial charge in [0.25, 0.3) is 5.91 Å². The first-order valence-corrected chi connectivity index (χ1v) is 9.26. The minimum atomic E-state index is -0.852. The maximum absolute atomic E-state index is 12.6. The number of aliphatic hydroxyl groups excluding tert-OH is 1. The van der Waals surface area contributed by atoms with Crippen molar-refractivity contribution in [2.45, 2.75) is 50.1 Å². The number of nitrogens with zero attached hydrogens (tertiary/aromatic N) is 2. The summed E-state index contributed by atoms with van der Waals surface area (Å²) in [5.41, 5.74) is 5.83. The summed E-state index contributed by atoms with van der Waals surface area (Å²) >= 11 is 0. The number of rotatable bonds is 8. The molecule has 2 aliphatic rings. The molecule has 2 aliphatic heterocycles. The third kappa shape index (κ3) is 4.14. The smallest absolute Gasteiger partial charge is 0.268 e. The van der Waals surface area contributed by atoms with Gasteiger partial charge >= 0.3 is 0 Å². The SMILES string of the molecule is C[C@@H](O)[C@@H](C(N)=O)N(C)CC1CCC2(CN(OCc3ccccc3)C2=O)N1. The van der Waals surface area contributed by atoms with Crippen molar-refractivity contribution in [3.63, 3.8) is 0 Å². The maximum Gasteiger partial charge on any atom is 0.268 e. The second kappa shape index (κ2) is 7.93. The van der Waals surface area contributed by atoms with Crippen LogP contribution in [0, 0.1) is 0 Å². The molecule has 2 heterocycles. The van der Waals surface area contributed by atoms with Crippen LogP contribution in [0.25, 0.3) is 0 Å². The second-order valence-electron chi connectivity index (χ2n) is 7.59. The van der Waals surface area contributed by atoms with Crippen molar-refractivity contribution in [2.75, 3.05) is 20.1 Å². The number of hydroxylamine groups is 2. The Hall–Kier alpha value is -2.00. The number of carbonyl (C=O) groups excluding carboxylic acids is 2. The molecule has 4 N–H and O–H groups in total. The van der Waals surface area contributed by atoms with Crippen LogP contribution in [-0.4, -0.2) is 70.7 Å². The third-order valence-corrected chi connectivity index (χ3v) is 5.41. The highest BCUT2D eigenvalue weighted by Gasteiger charge is 2.56. The van der Waals surface area contributed by atoms with Crippen LogP contribution in [-0.2, 0) is 21.0 Å². The van der Waals surface area contributed by atoms with Gasteiger partial charge in [-0.1, -0.05) is 30.3 Å². The lowest BCUT2D eigenvalue weighted by molar-refractivity contribution is -0.231. The lowest BCUT2D eigenvalue weighted by atomic mass is 9.89. The topological polar surface area (TPSA) is 108 Å². The van der Waals surface area contributed by atoms with Gasteiger partial charge in [-0.25, -0.2) is 5.06 Å². The Morgan fingerprint density at radius 1 is 1.48 bits per heavy atom. The molecule has 2 fully saturated rings. The summed E-state index contributed by atoms with van der Waals surface area (Å²) in [6, 6.07) is 9.03. The van der Waals surface area contributed by atoms with E-state index >= 15 is 0 Å². The molecule has 0 saturated carbocycles. The fourth-order valence-electron chi connectivity index (χ4n) is 4.03. The second-order valence-corrected chi connectivity index (χ2v) is 7.59. The first-order valence-electron chi connectivity index (χ1n) is 9.26. The molecular formula is C19H28N4O4. The van der Waals surface area contributed by atoms with Crippen LogP contribution < -0.4 is 11.1 Å². The van der Waals surface area contributed by atoms with E-state index < -0.39 is 23.6 Å². The van der Waals surface area contributed by atoms with Gasteiger partial charge in [-0.15, -0.1) is 0 Å². The molecule has 0 aliphatic carbocycles. The van der Waals surface area contributed by atoms with E-state index in [1.165, 1.54) is 5.06 Å². The number of hydrogen-bond acceptors (Lipinski definition) is 6. The third-order valence-electron chi connectivity index (χ3n) is 5.41. The van der Waals surface area contributed by atoms with Crippen LogP contribution in [0.3, 0.4) is 0 Å². The zero-order chi connectivity index (χ0) is 19.6. The van der Waals surface area contributed by atoms with E-state index in [-0.39, 0.29) is 11.9 Å². The molecule has 27 heavy (non-hydrogen) atoms. The van der Waals surface area contributed by atoms with E-state index in [4.69, 9.17) is 10.6 Å². The number of nitrogens with one attached hydrogen (secondary N) is 1. The Kier molecular flexibility index (Phi) is 5.81. The van der Waals surface area contributed by atoms with Gasteiger partial charge < -0.3 is 10.8 Å². The standard InChI is InChI=1S/C19H28N4O4/c1-13(24)16(17(20)25)22(2)10-15-8-9-19(21-15)12-23(18(19)26)27-11-14-6-4-3-5-7-14/h3-7,13,15-16,21,24H,8-12H2,1-2H3,(H2,20,25)/t13-,15?,16+,19?/m1/s1. The number of aliphatic hydroxyl groups is 1. The van der Waals surface area contributed by atoms with Crippen molar-refractivity contribution in [1.29, 1.82) is 0 Å². The first-order chi connectivity index (χ1) is 12.8. The Balaban J connectivity index is 1.49. The average Bonchev–Trinajstić information content (AvgIpc) is 3.04. The van der Waals surface area contributed by atoms with Crippen molar-refractivity contribution in [1.82, 2.24) is 15.3 Å². The van der Waals surface area contributed by atoms with E-state index in [0.29, 0.717) is 19.7 Å². The molecule has 4 atom stereocenters. The quantitative estimate of drug-likeness (QED) is 0.534. The van der Waals surface area contributed by atoms with Gasteiger partial charge in [-0.05, 0) is 32.4 Å². The number of likely N-dealkylation sites (N-methyl/N-ethyl adjacent to an activating group) is 1. The van der Waals surface area contributed by atoms with Gasteiger partial charge in [0.05, 0.1) is 12.6 Å². The fraction of sp³-hybridized carbons (Fsp3) is 0.579. The molecule has 3 rings (SSSR count). The molecule has 2 unspecified atom stereocenters. The minimum absolute atomic E-state index is 0.0504. The zero-order valence-electron chi connectivity index (χ0n) is 15.8. The molecular weight excluding hydrogens is 348 g/mol. The molecule has 1 aromatic carbocycles. The monoisotopic (exact) mass is 376 g/mol. The highest BCUT2D eigenvalue weighted by atomic mass is 16.7. The molecule has 1 spiro atoms. The number of benzene rings is 1. The molecule has 8 heteroatoms. The van der Waals surface area contributed by atoms with Crippen LogP contribution in [0.1, 0.15) is 25.3 Å². The van der Waals surface area contributed by atoms with Gasteiger partial charge in [0.15, 0.2) is 0 Å². The highest BCUT2D eigenvalue weighted by molar-refractivity contribution is 5.92. The van der Waals surface area contributed by atoms with Crippen LogP contribution in [0.5, 0.6) is 0 Å². The molecule has 0 aromatic heterocycles. The van der Waals surface area contributed by atoms with E-state index in [2.05, 4.69) is 5.32 Å². The zero-order valence-corrected chi connectivity index (χ0v) is 15.8. The van der Waals surface area contributed by atoms with Crippen LogP contribution in [0.2, 0.25) is 0 Å². The summed E-state index contributed by atoms with van der Waals surface area (Å²) in [6.07, 6.45) is 0.689. The van der Waals surface area contributed by atoms with Gasteiger partial charge in [0.1, 0.15) is 18.2 Å². The number of β-lactam (4-membered cyclic amide) rings is 1. The summed E-state index contributed by atoms with van der Waals surface area (Å²) in [7, 11) is 1.76. The summed E-state index contributed by atoms with van der Waals surface area (Å²) in [6.45, 7) is 2.95. The van der Waals surface area contributed by atoms with Gasteiger partial charge in [-0.3, -0.25) is 24.6 Å². The molecule has 0 radical (unpaired) electrons. The van der Waals surface area contributed by atoms with E-state index in [0.717, 1.165) is 18.4 Å². The van der Waals surface area contributed by atoms with Crippen molar-refractivity contribution in [3.05, 3.63) is 35.9 Å². The van der Waals surface area contributed by atoms with Crippen molar-refractivity contribution >= 4 is 11.8 Å². The summed E-state index contributed by atoms with van der Waals surface area (Å²) < 4.78 is 0. The van der Waals surface area contributed by atoms with Crippen LogP contribution >= 0.6 is 0 Å². The fourth-order valence-corrected chi connectivity index (χ4v) is 4.03. The van der Waals surface area contributed by atoms with Gasteiger partial charge in [-0.2, -0.15) is 0 Å². The highest BCUT2D eigenvalue weighted by Crippen LogP contribution is 2.34. The largest absolute Gasteiger partial charge is 0.391 e. The van der Waals surface area contributed by atoms with Crippen molar-refractivity contribution < 1.29 is 19.5 Å². The Morgan fingerprint density at radius 2 is 2.19 bits per heavy atom. The summed E-state index contributed by atoms with van der Waals surface area (Å²) in [4.78, 5) is 31.5. The number of nitrogens with two attached hydrogens (primary N) is 1. The first kappa shape index (κ1) is 19.8. The Bertz CT molecular complexity index is 684.